The molecule has 2 aliphatic heterocycles. The van der Waals surface area contributed by atoms with E-state index < -0.39 is 0 Å². The number of carbonyl (C=O) groups is 1. The Balaban J connectivity index is 1.59. The molecule has 19 heavy (non-hydrogen) atoms. The Morgan fingerprint density at radius 3 is 3.26 bits per heavy atom. The SMILES string of the molecule is CC1CNCCN1CC(=O)N1CCc2sccc2C1. The average molecular weight is 279 g/mol. The van der Waals surface area contributed by atoms with Crippen molar-refractivity contribution in [3.8, 4) is 0 Å². The van der Waals surface area contributed by atoms with Gasteiger partial charge in [-0.25, -0.2) is 0 Å². The molecule has 3 rings (SSSR count). The maximum atomic E-state index is 12.4. The summed E-state index contributed by atoms with van der Waals surface area (Å²) in [5.41, 5.74) is 1.35. The van der Waals surface area contributed by atoms with E-state index in [1.165, 1.54) is 10.4 Å². The van der Waals surface area contributed by atoms with E-state index in [-0.39, 0.29) is 5.91 Å². The molecule has 0 saturated carbocycles. The molecule has 3 heterocycles. The number of carbonyl (C=O) groups excluding carboxylic acids is 1. The standard InChI is InChI=1S/C14H21N3OS/c1-11-8-15-4-6-16(11)10-14(18)17-5-2-13-12(9-17)3-7-19-13/h3,7,11,15H,2,4-6,8-10H2,1H3. The number of nitrogens with one attached hydrogen (secondary N) is 1. The summed E-state index contributed by atoms with van der Waals surface area (Å²) in [6.07, 6.45) is 1.02. The van der Waals surface area contributed by atoms with E-state index >= 15 is 0 Å². The highest BCUT2D eigenvalue weighted by atomic mass is 32.1. The second-order valence-electron chi connectivity index (χ2n) is 5.46. The highest BCUT2D eigenvalue weighted by molar-refractivity contribution is 7.10. The fourth-order valence-electron chi connectivity index (χ4n) is 2.85. The third-order valence-electron chi connectivity index (χ3n) is 4.14. The van der Waals surface area contributed by atoms with Crippen molar-refractivity contribution in [3.63, 3.8) is 0 Å². The lowest BCUT2D eigenvalue weighted by Crippen LogP contribution is -2.53. The van der Waals surface area contributed by atoms with Crippen molar-refractivity contribution in [1.29, 1.82) is 0 Å². The first-order valence-electron chi connectivity index (χ1n) is 7.02. The molecule has 4 nitrogen and oxygen atoms in total. The monoisotopic (exact) mass is 279 g/mol. The van der Waals surface area contributed by atoms with Crippen molar-refractivity contribution in [2.75, 3.05) is 32.7 Å². The first-order chi connectivity index (χ1) is 9.24. The summed E-state index contributed by atoms with van der Waals surface area (Å²) in [6.45, 7) is 7.40. The van der Waals surface area contributed by atoms with E-state index in [1.54, 1.807) is 0 Å². The Morgan fingerprint density at radius 1 is 1.53 bits per heavy atom. The summed E-state index contributed by atoms with van der Waals surface area (Å²) in [7, 11) is 0. The van der Waals surface area contributed by atoms with E-state index in [9.17, 15) is 4.79 Å². The van der Waals surface area contributed by atoms with Gasteiger partial charge in [-0.2, -0.15) is 0 Å². The van der Waals surface area contributed by atoms with Gasteiger partial charge in [0.15, 0.2) is 0 Å². The lowest BCUT2D eigenvalue weighted by Gasteiger charge is -2.35. The number of hydrogen-bond donors (Lipinski definition) is 1. The molecule has 0 spiro atoms. The number of nitrogens with zero attached hydrogens (tertiary/aromatic N) is 2. The van der Waals surface area contributed by atoms with Gasteiger partial charge < -0.3 is 10.2 Å². The molecule has 1 amide bonds. The van der Waals surface area contributed by atoms with E-state index in [2.05, 4.69) is 28.6 Å². The van der Waals surface area contributed by atoms with Crippen LogP contribution in [-0.4, -0.2) is 54.5 Å². The molecule has 0 aromatic carbocycles. The maximum absolute atomic E-state index is 12.4. The van der Waals surface area contributed by atoms with Crippen LogP contribution in [-0.2, 0) is 17.8 Å². The van der Waals surface area contributed by atoms with Crippen LogP contribution in [0.5, 0.6) is 0 Å². The Hall–Kier alpha value is -0.910. The van der Waals surface area contributed by atoms with E-state index in [0.29, 0.717) is 12.6 Å². The third-order valence-corrected chi connectivity index (χ3v) is 5.16. The van der Waals surface area contributed by atoms with Gasteiger partial charge in [-0.15, -0.1) is 11.3 Å². The molecular formula is C14H21N3OS. The topological polar surface area (TPSA) is 35.6 Å². The van der Waals surface area contributed by atoms with E-state index in [4.69, 9.17) is 0 Å². The quantitative estimate of drug-likeness (QED) is 0.875. The van der Waals surface area contributed by atoms with Crippen LogP contribution < -0.4 is 5.32 Å². The highest BCUT2D eigenvalue weighted by Gasteiger charge is 2.25. The molecule has 5 heteroatoms. The summed E-state index contributed by atoms with van der Waals surface area (Å²) >= 11 is 1.82. The summed E-state index contributed by atoms with van der Waals surface area (Å²) in [5.74, 6) is 0.283. The first-order valence-corrected chi connectivity index (χ1v) is 7.90. The van der Waals surface area contributed by atoms with Gasteiger partial charge in [0, 0.05) is 43.6 Å². The van der Waals surface area contributed by atoms with Crippen LogP contribution in [0.25, 0.3) is 0 Å². The minimum atomic E-state index is 0.283. The fourth-order valence-corrected chi connectivity index (χ4v) is 3.74. The molecule has 1 unspecified atom stereocenters. The summed E-state index contributed by atoms with van der Waals surface area (Å²) < 4.78 is 0. The summed E-state index contributed by atoms with van der Waals surface area (Å²) in [4.78, 5) is 18.2. The van der Waals surface area contributed by atoms with Gasteiger partial charge in [0.25, 0.3) is 0 Å². The molecule has 0 radical (unpaired) electrons. The smallest absolute Gasteiger partial charge is 0.237 e. The van der Waals surface area contributed by atoms with Crippen molar-refractivity contribution in [2.45, 2.75) is 25.9 Å². The van der Waals surface area contributed by atoms with Crippen LogP contribution in [0.15, 0.2) is 11.4 Å². The molecule has 1 aromatic heterocycles. The Kier molecular flexibility index (Phi) is 3.86. The minimum absolute atomic E-state index is 0.283. The maximum Gasteiger partial charge on any atom is 0.237 e. The lowest BCUT2D eigenvalue weighted by atomic mass is 10.1. The zero-order chi connectivity index (χ0) is 13.2. The van der Waals surface area contributed by atoms with Crippen molar-refractivity contribution in [1.82, 2.24) is 15.1 Å². The Bertz CT molecular complexity index is 459. The molecule has 1 saturated heterocycles. The number of amides is 1. The molecular weight excluding hydrogens is 258 g/mol. The Morgan fingerprint density at radius 2 is 2.42 bits per heavy atom. The van der Waals surface area contributed by atoms with Crippen molar-refractivity contribution in [2.24, 2.45) is 0 Å². The van der Waals surface area contributed by atoms with Crippen LogP contribution in [0.2, 0.25) is 0 Å². The number of piperazine rings is 1. The van der Waals surface area contributed by atoms with Crippen LogP contribution >= 0.6 is 11.3 Å². The van der Waals surface area contributed by atoms with Crippen molar-refractivity contribution < 1.29 is 4.79 Å². The highest BCUT2D eigenvalue weighted by Crippen LogP contribution is 2.24. The molecule has 0 bridgehead atoms. The van der Waals surface area contributed by atoms with Gasteiger partial charge in [-0.1, -0.05) is 0 Å². The lowest BCUT2D eigenvalue weighted by molar-refractivity contribution is -0.134. The third kappa shape index (κ3) is 2.83. The van der Waals surface area contributed by atoms with E-state index in [1.807, 2.05) is 16.2 Å². The molecule has 1 aromatic rings. The number of rotatable bonds is 2. The summed E-state index contributed by atoms with van der Waals surface area (Å²) in [5, 5.41) is 5.50. The predicted molar refractivity (Wildman–Crippen MR) is 77.3 cm³/mol. The van der Waals surface area contributed by atoms with Gasteiger partial charge in [-0.05, 0) is 30.4 Å². The molecule has 104 valence electrons. The zero-order valence-corrected chi connectivity index (χ0v) is 12.2. The number of thiophene rings is 1. The van der Waals surface area contributed by atoms with Crippen LogP contribution in [0.4, 0.5) is 0 Å². The largest absolute Gasteiger partial charge is 0.337 e. The van der Waals surface area contributed by atoms with Gasteiger partial charge in [-0.3, -0.25) is 9.69 Å². The normalized spacial score (nSPS) is 24.3. The van der Waals surface area contributed by atoms with Crippen LogP contribution in [0.3, 0.4) is 0 Å². The van der Waals surface area contributed by atoms with Crippen molar-refractivity contribution >= 4 is 17.2 Å². The second kappa shape index (κ2) is 5.61. The molecule has 1 N–H and O–H groups in total. The number of fused-ring (bicyclic) bond motifs is 1. The van der Waals surface area contributed by atoms with Gasteiger partial charge >= 0.3 is 0 Å². The molecule has 2 aliphatic rings. The van der Waals surface area contributed by atoms with Gasteiger partial charge in [0.1, 0.15) is 0 Å². The second-order valence-corrected chi connectivity index (χ2v) is 6.46. The van der Waals surface area contributed by atoms with Crippen molar-refractivity contribution in [3.05, 3.63) is 21.9 Å². The average Bonchev–Trinajstić information content (AvgIpc) is 2.88. The molecule has 0 aliphatic carbocycles. The number of hydrogen-bond acceptors (Lipinski definition) is 4. The molecule has 1 fully saturated rings. The fraction of sp³-hybridized carbons (Fsp3) is 0.643. The van der Waals surface area contributed by atoms with Gasteiger partial charge in [0.2, 0.25) is 5.91 Å². The zero-order valence-electron chi connectivity index (χ0n) is 11.4. The minimum Gasteiger partial charge on any atom is -0.337 e. The van der Waals surface area contributed by atoms with E-state index in [0.717, 1.165) is 39.1 Å². The molecule has 1 atom stereocenters. The van der Waals surface area contributed by atoms with Crippen LogP contribution in [0, 0.1) is 0 Å². The predicted octanol–water partition coefficient (Wildman–Crippen LogP) is 0.926. The summed E-state index contributed by atoms with van der Waals surface area (Å²) in [6, 6.07) is 2.62. The Labute approximate surface area is 118 Å². The van der Waals surface area contributed by atoms with Gasteiger partial charge in [0.05, 0.1) is 6.54 Å². The van der Waals surface area contributed by atoms with Crippen LogP contribution in [0.1, 0.15) is 17.4 Å². The first kappa shape index (κ1) is 13.1.